The van der Waals surface area contributed by atoms with Gasteiger partial charge >= 0.3 is 17.9 Å². The van der Waals surface area contributed by atoms with Gasteiger partial charge in [0.05, 0.1) is 34.4 Å². The van der Waals surface area contributed by atoms with Crippen molar-refractivity contribution in [3.05, 3.63) is 177 Å². The van der Waals surface area contributed by atoms with Gasteiger partial charge in [0.1, 0.15) is 41.1 Å². The summed E-state index contributed by atoms with van der Waals surface area (Å²) in [4.78, 5) is 105. The van der Waals surface area contributed by atoms with E-state index in [2.05, 4.69) is 58.7 Å². The Kier molecular flexibility index (Phi) is 17.7. The number of amides is 4. The number of hydrogen-bond donors (Lipinski definition) is 10. The topological polar surface area (TPSA) is 330 Å². The summed E-state index contributed by atoms with van der Waals surface area (Å²) < 4.78 is 12.1. The minimum absolute atomic E-state index is 0.0389. The fraction of sp³-hybridized carbons (Fsp3) is 0.230. The number of thiocarbonyl (C=S) groups is 1. The Bertz CT molecular complexity index is 3780. The normalized spacial score (nSPS) is 13.4. The Labute approximate surface area is 485 Å². The molecule has 0 saturated heterocycles. The van der Waals surface area contributed by atoms with E-state index in [9.17, 15) is 54.0 Å². The molecule has 4 amide bonds. The molecule has 0 bridgehead atoms. The number of benzene rings is 5. The summed E-state index contributed by atoms with van der Waals surface area (Å²) in [5.41, 5.74) is 5.57. The van der Waals surface area contributed by atoms with Crippen molar-refractivity contribution in [2.24, 2.45) is 0 Å². The minimum Gasteiger partial charge on any atom is -0.508 e. The summed E-state index contributed by atoms with van der Waals surface area (Å²) in [7, 11) is 0. The van der Waals surface area contributed by atoms with E-state index in [0.29, 0.717) is 56.7 Å². The molecule has 22 nitrogen and oxygen atoms in total. The van der Waals surface area contributed by atoms with Gasteiger partial charge in [-0.25, -0.2) is 24.4 Å². The van der Waals surface area contributed by atoms with Gasteiger partial charge in [-0.3, -0.25) is 24.2 Å². The number of carboxylic acids is 2. The van der Waals surface area contributed by atoms with E-state index in [-0.39, 0.29) is 71.6 Å². The van der Waals surface area contributed by atoms with Crippen molar-refractivity contribution in [3.8, 4) is 34.8 Å². The Morgan fingerprint density at radius 1 is 0.655 bits per heavy atom. The van der Waals surface area contributed by atoms with Gasteiger partial charge in [0, 0.05) is 89.5 Å². The number of fused-ring (bicyclic) bond motifs is 7. The number of carbonyl (C=O) groups is 7. The maximum Gasteiger partial charge on any atom is 0.340 e. The summed E-state index contributed by atoms with van der Waals surface area (Å²) in [6.07, 6.45) is 2.73. The maximum absolute atomic E-state index is 13.8. The largest absolute Gasteiger partial charge is 0.508 e. The smallest absolute Gasteiger partial charge is 0.340 e. The number of aryl methyl sites for hydroxylation is 2. The number of anilines is 1. The van der Waals surface area contributed by atoms with E-state index in [4.69, 9.17) is 21.7 Å². The molecule has 84 heavy (non-hydrogen) atoms. The molecule has 5 aromatic carbocycles. The fourth-order valence-electron chi connectivity index (χ4n) is 9.58. The predicted molar refractivity (Wildman–Crippen MR) is 308 cm³/mol. The molecule has 4 heterocycles. The van der Waals surface area contributed by atoms with Crippen molar-refractivity contribution in [3.63, 3.8) is 0 Å². The number of nitrogens with zero attached hydrogens (tertiary/aromatic N) is 3. The average Bonchev–Trinajstić information content (AvgIpc) is 1.50. The first kappa shape index (κ1) is 58.2. The Morgan fingerprint density at radius 2 is 1.29 bits per heavy atom. The lowest BCUT2D eigenvalue weighted by atomic mass is 9.77. The minimum atomic E-state index is -1.75. The van der Waals surface area contributed by atoms with Crippen molar-refractivity contribution in [2.45, 2.75) is 76.1 Å². The highest BCUT2D eigenvalue weighted by Crippen LogP contribution is 2.57. The number of esters is 1. The van der Waals surface area contributed by atoms with Crippen molar-refractivity contribution in [1.82, 2.24) is 41.5 Å². The first-order valence-electron chi connectivity index (χ1n) is 26.5. The Morgan fingerprint density at radius 3 is 1.95 bits per heavy atom. The zero-order chi connectivity index (χ0) is 59.7. The van der Waals surface area contributed by atoms with Gasteiger partial charge in [-0.2, -0.15) is 0 Å². The highest BCUT2D eigenvalue weighted by atomic mass is 32.1. The summed E-state index contributed by atoms with van der Waals surface area (Å²) in [5, 5.41) is 56.5. The molecule has 1 spiro atoms. The van der Waals surface area contributed by atoms with Gasteiger partial charge in [-0.05, 0) is 130 Å². The average molecular weight is 1150 g/mol. The number of pyridine rings is 1. The summed E-state index contributed by atoms with van der Waals surface area (Å²) in [6.45, 7) is 3.62. The number of phenolic OH excluding ortho intramolecular Hbond substituents is 2. The number of unbranched alkanes of at least 4 members (excludes halogenated alkanes) is 1. The molecule has 0 saturated carbocycles. The van der Waals surface area contributed by atoms with Gasteiger partial charge in [0.2, 0.25) is 17.7 Å². The number of phenols is 2. The fourth-order valence-corrected chi connectivity index (χ4v) is 9.80. The number of carboxylic acid groups (broad SMARTS) is 2. The Balaban J connectivity index is 0.737. The second-order valence-corrected chi connectivity index (χ2v) is 20.3. The molecular weight excluding hydrogens is 1100 g/mol. The van der Waals surface area contributed by atoms with Crippen LogP contribution < -0.4 is 36.6 Å². The van der Waals surface area contributed by atoms with Crippen LogP contribution in [-0.2, 0) is 40.7 Å². The molecule has 9 rings (SSSR count). The molecule has 2 aromatic heterocycles. The van der Waals surface area contributed by atoms with E-state index in [1.807, 2.05) is 6.92 Å². The standard InChI is InChI=1S/C61H55N9O13S/c1-33-34(2)66-48-28-38(12-19-46(48)65-33)55(75)70-49(27-37-10-8-35(9-11-37)6-7-36-20-24-62-25-21-36)56(76)63-26-22-53(73)69-50(58(79)80)32-54(74)68-47(57(77)78)5-3-4-23-64-60(84)67-39-13-16-43-42(29-39)59(81)83-61(43)44-17-14-40(71)30-51(44)82-52-31-41(72)15-18-45(52)61/h8-21,24-25,28-31,47,49-50,71-72H,3-5,22-23,26-27,32H2,1-2H3,(H,63,76)(H,68,74)(H,69,73)(H,70,75)(H,77,78)(H,79,80)(H2,64,67,84)/t47-,49+,50-/m1/s1. The van der Waals surface area contributed by atoms with E-state index in [1.165, 1.54) is 24.3 Å². The zero-order valence-electron chi connectivity index (χ0n) is 45.1. The van der Waals surface area contributed by atoms with Crippen molar-refractivity contribution in [2.75, 3.05) is 18.4 Å². The van der Waals surface area contributed by atoms with Crippen LogP contribution in [0.2, 0.25) is 0 Å². The maximum atomic E-state index is 13.8. The number of rotatable bonds is 20. The summed E-state index contributed by atoms with van der Waals surface area (Å²) in [6, 6.07) is 25.1. The highest BCUT2D eigenvalue weighted by Gasteiger charge is 2.54. The van der Waals surface area contributed by atoms with Crippen LogP contribution in [-0.4, -0.2) is 113 Å². The van der Waals surface area contributed by atoms with Gasteiger partial charge in [0.25, 0.3) is 5.91 Å². The third kappa shape index (κ3) is 13.6. The quantitative estimate of drug-likeness (QED) is 0.0193. The monoisotopic (exact) mass is 1150 g/mol. The number of carbonyl (C=O) groups excluding carboxylic acids is 5. The second-order valence-electron chi connectivity index (χ2n) is 19.8. The molecule has 2 aliphatic heterocycles. The van der Waals surface area contributed by atoms with Crippen molar-refractivity contribution < 1.29 is 63.5 Å². The van der Waals surface area contributed by atoms with Crippen molar-refractivity contribution >= 4 is 75.6 Å². The molecule has 2 aliphatic rings. The highest BCUT2D eigenvalue weighted by molar-refractivity contribution is 7.80. The lowest BCUT2D eigenvalue weighted by molar-refractivity contribution is -0.144. The third-order valence-electron chi connectivity index (χ3n) is 13.9. The molecule has 7 aromatic rings. The second kappa shape index (κ2) is 25.5. The van der Waals surface area contributed by atoms with Crippen LogP contribution in [0, 0.1) is 25.7 Å². The first-order valence-corrected chi connectivity index (χ1v) is 26.9. The zero-order valence-corrected chi connectivity index (χ0v) is 46.0. The number of hydrogen-bond acceptors (Lipinski definition) is 15. The van der Waals surface area contributed by atoms with Crippen LogP contribution >= 0.6 is 12.2 Å². The van der Waals surface area contributed by atoms with Crippen LogP contribution in [0.15, 0.2) is 122 Å². The van der Waals surface area contributed by atoms with Crippen LogP contribution in [0.5, 0.6) is 23.0 Å². The molecule has 10 N–H and O–H groups in total. The van der Waals surface area contributed by atoms with Gasteiger partial charge < -0.3 is 61.8 Å². The molecule has 0 fully saturated rings. The van der Waals surface area contributed by atoms with Crippen molar-refractivity contribution in [1.29, 1.82) is 0 Å². The van der Waals surface area contributed by atoms with Gasteiger partial charge in [-0.1, -0.05) is 30.0 Å². The molecule has 428 valence electrons. The van der Waals surface area contributed by atoms with Crippen LogP contribution in [0.1, 0.15) is 97.6 Å². The predicted octanol–water partition coefficient (Wildman–Crippen LogP) is 5.55. The van der Waals surface area contributed by atoms with E-state index >= 15 is 0 Å². The number of ether oxygens (including phenoxy) is 2. The van der Waals surface area contributed by atoms with Crippen LogP contribution in [0.4, 0.5) is 5.69 Å². The molecule has 0 aliphatic carbocycles. The van der Waals surface area contributed by atoms with E-state index < -0.39 is 78.1 Å². The van der Waals surface area contributed by atoms with Crippen LogP contribution in [0.3, 0.4) is 0 Å². The van der Waals surface area contributed by atoms with E-state index in [1.54, 1.807) is 104 Å². The molecule has 3 atom stereocenters. The van der Waals surface area contributed by atoms with E-state index in [0.717, 1.165) is 11.3 Å². The van der Waals surface area contributed by atoms with Crippen LogP contribution in [0.25, 0.3) is 11.0 Å². The molecular formula is C61H55N9O13S. The number of aromatic nitrogens is 3. The number of nitrogens with one attached hydrogen (secondary N) is 6. The number of aliphatic carboxylic acids is 2. The molecule has 0 unspecified atom stereocenters. The molecule has 23 heteroatoms. The summed E-state index contributed by atoms with van der Waals surface area (Å²) >= 11 is 5.49. The molecule has 0 radical (unpaired) electrons. The third-order valence-corrected chi connectivity index (χ3v) is 14.2. The number of aromatic hydroxyl groups is 2. The Hall–Kier alpha value is -10.5. The lowest BCUT2D eigenvalue weighted by Gasteiger charge is -2.36. The van der Waals surface area contributed by atoms with Gasteiger partial charge in [-0.15, -0.1) is 0 Å². The summed E-state index contributed by atoms with van der Waals surface area (Å²) in [5.74, 6) is -0.101. The first-order chi connectivity index (χ1) is 40.3. The SMILES string of the molecule is Cc1nc2ccc(C(=O)N[C@@H](Cc3ccc(C#Cc4ccncc4)cc3)C(=O)NCCC(=O)N[C@H](CC(=O)N[C@H](CCCCNC(=S)Nc3ccc4c(c3)C(=O)OC43c4ccc(O)cc4Oc4cc(O)ccc43)C(=O)O)C(=O)O)cc2nc1C. The lowest BCUT2D eigenvalue weighted by Crippen LogP contribution is -2.49. The van der Waals surface area contributed by atoms with Gasteiger partial charge in [0.15, 0.2) is 10.7 Å².